The highest BCUT2D eigenvalue weighted by Gasteiger charge is 2.18. The normalized spacial score (nSPS) is 10.6. The number of para-hydroxylation sites is 1. The lowest BCUT2D eigenvalue weighted by Gasteiger charge is -2.08. The number of nitrogens with one attached hydrogen (secondary N) is 1. The minimum absolute atomic E-state index is 0.258. The van der Waals surface area contributed by atoms with E-state index < -0.39 is 6.16 Å². The summed E-state index contributed by atoms with van der Waals surface area (Å²) in [5.41, 5.74) is 2.51. The standard InChI is InChI=1S/C17H18N4O3/c1-3-13-14(24-17(22)23-4-2)10-21-15(13)16(18-11-19-21)20-12-8-6-5-7-9-12/h5-11H,3-4H2,1-2H3,(H,18,19,20). The van der Waals surface area contributed by atoms with Gasteiger partial charge < -0.3 is 14.8 Å². The Hall–Kier alpha value is -3.09. The van der Waals surface area contributed by atoms with Crippen LogP contribution in [0, 0.1) is 0 Å². The van der Waals surface area contributed by atoms with Gasteiger partial charge in [-0.2, -0.15) is 5.10 Å². The summed E-state index contributed by atoms with van der Waals surface area (Å²) in [4.78, 5) is 16.0. The minimum Gasteiger partial charge on any atom is -0.434 e. The molecule has 2 heterocycles. The molecule has 0 aliphatic heterocycles. The lowest BCUT2D eigenvalue weighted by molar-refractivity contribution is 0.104. The van der Waals surface area contributed by atoms with Gasteiger partial charge in [0.1, 0.15) is 11.8 Å². The maximum absolute atomic E-state index is 11.6. The van der Waals surface area contributed by atoms with Crippen LogP contribution in [0.1, 0.15) is 19.4 Å². The number of ether oxygens (including phenoxy) is 2. The van der Waals surface area contributed by atoms with E-state index in [0.29, 0.717) is 18.0 Å². The van der Waals surface area contributed by atoms with Crippen LogP contribution in [-0.4, -0.2) is 27.4 Å². The average Bonchev–Trinajstić information content (AvgIpc) is 2.94. The second-order valence-electron chi connectivity index (χ2n) is 5.00. The van der Waals surface area contributed by atoms with Crippen molar-refractivity contribution in [2.24, 2.45) is 0 Å². The quantitative estimate of drug-likeness (QED) is 0.722. The summed E-state index contributed by atoms with van der Waals surface area (Å²) < 4.78 is 11.8. The van der Waals surface area contributed by atoms with Gasteiger partial charge >= 0.3 is 6.16 Å². The Kier molecular flexibility index (Phi) is 4.60. The highest BCUT2D eigenvalue weighted by atomic mass is 16.7. The first-order valence-corrected chi connectivity index (χ1v) is 7.74. The summed E-state index contributed by atoms with van der Waals surface area (Å²) in [6, 6.07) is 9.72. The van der Waals surface area contributed by atoms with Crippen molar-refractivity contribution in [1.82, 2.24) is 14.6 Å². The van der Waals surface area contributed by atoms with E-state index in [1.165, 1.54) is 6.33 Å². The summed E-state index contributed by atoms with van der Waals surface area (Å²) in [5.74, 6) is 1.07. The smallest absolute Gasteiger partial charge is 0.434 e. The molecule has 0 aliphatic rings. The van der Waals surface area contributed by atoms with Crippen molar-refractivity contribution in [2.45, 2.75) is 20.3 Å². The first-order chi connectivity index (χ1) is 11.7. The maximum Gasteiger partial charge on any atom is 0.513 e. The summed E-state index contributed by atoms with van der Waals surface area (Å²) in [6.07, 6.45) is 3.03. The van der Waals surface area contributed by atoms with E-state index in [-0.39, 0.29) is 6.61 Å². The second-order valence-corrected chi connectivity index (χ2v) is 5.00. The Morgan fingerprint density at radius 1 is 1.25 bits per heavy atom. The zero-order valence-corrected chi connectivity index (χ0v) is 13.5. The van der Waals surface area contributed by atoms with E-state index in [9.17, 15) is 4.79 Å². The van der Waals surface area contributed by atoms with Gasteiger partial charge in [-0.1, -0.05) is 25.1 Å². The monoisotopic (exact) mass is 326 g/mol. The molecule has 0 aliphatic carbocycles. The van der Waals surface area contributed by atoms with Gasteiger partial charge in [0.05, 0.1) is 12.8 Å². The molecule has 24 heavy (non-hydrogen) atoms. The van der Waals surface area contributed by atoms with E-state index in [0.717, 1.165) is 16.8 Å². The Bertz CT molecular complexity index is 846. The number of carbonyl (C=O) groups excluding carboxylic acids is 1. The zero-order valence-electron chi connectivity index (χ0n) is 13.5. The van der Waals surface area contributed by atoms with Crippen molar-refractivity contribution in [3.8, 4) is 5.75 Å². The Morgan fingerprint density at radius 2 is 2.04 bits per heavy atom. The molecule has 0 bridgehead atoms. The van der Waals surface area contributed by atoms with Crippen molar-refractivity contribution in [3.63, 3.8) is 0 Å². The van der Waals surface area contributed by atoms with Crippen molar-refractivity contribution in [2.75, 3.05) is 11.9 Å². The fourth-order valence-electron chi connectivity index (χ4n) is 2.47. The molecule has 7 nitrogen and oxygen atoms in total. The van der Waals surface area contributed by atoms with Crippen molar-refractivity contribution >= 4 is 23.2 Å². The molecule has 3 aromatic rings. The van der Waals surface area contributed by atoms with Crippen molar-refractivity contribution < 1.29 is 14.3 Å². The number of nitrogens with zero attached hydrogens (tertiary/aromatic N) is 3. The number of benzene rings is 1. The lowest BCUT2D eigenvalue weighted by Crippen LogP contribution is -2.10. The summed E-state index contributed by atoms with van der Waals surface area (Å²) >= 11 is 0. The van der Waals surface area contributed by atoms with Crippen LogP contribution in [0.3, 0.4) is 0 Å². The molecule has 0 atom stereocenters. The number of hydrogen-bond donors (Lipinski definition) is 1. The largest absolute Gasteiger partial charge is 0.513 e. The molecule has 0 fully saturated rings. The van der Waals surface area contributed by atoms with Crippen LogP contribution >= 0.6 is 0 Å². The van der Waals surface area contributed by atoms with Crippen LogP contribution in [0.15, 0.2) is 42.9 Å². The molecule has 0 radical (unpaired) electrons. The minimum atomic E-state index is -0.728. The van der Waals surface area contributed by atoms with Crippen LogP contribution in [0.4, 0.5) is 16.3 Å². The number of anilines is 2. The third-order valence-corrected chi connectivity index (χ3v) is 3.48. The van der Waals surface area contributed by atoms with Gasteiger partial charge in [-0.05, 0) is 25.5 Å². The van der Waals surface area contributed by atoms with E-state index in [4.69, 9.17) is 9.47 Å². The maximum atomic E-state index is 11.6. The number of aryl methyl sites for hydroxylation is 1. The summed E-state index contributed by atoms with van der Waals surface area (Å²) in [7, 11) is 0. The zero-order chi connectivity index (χ0) is 16.9. The van der Waals surface area contributed by atoms with E-state index in [1.807, 2.05) is 37.3 Å². The first-order valence-electron chi connectivity index (χ1n) is 7.74. The number of aromatic nitrogens is 3. The number of fused-ring (bicyclic) bond motifs is 1. The fraction of sp³-hybridized carbons (Fsp3) is 0.235. The van der Waals surface area contributed by atoms with Gasteiger partial charge in [-0.25, -0.2) is 14.3 Å². The van der Waals surface area contributed by atoms with E-state index in [1.54, 1.807) is 17.6 Å². The summed E-state index contributed by atoms with van der Waals surface area (Å²) in [6.45, 7) is 3.96. The molecule has 7 heteroatoms. The topological polar surface area (TPSA) is 77.8 Å². The molecule has 124 valence electrons. The molecular formula is C17H18N4O3. The molecule has 0 amide bonds. The molecule has 1 aromatic carbocycles. The first kappa shape index (κ1) is 15.8. The molecule has 1 N–H and O–H groups in total. The van der Waals surface area contributed by atoms with Gasteiger partial charge in [-0.15, -0.1) is 0 Å². The predicted octanol–water partition coefficient (Wildman–Crippen LogP) is 3.57. The number of hydrogen-bond acceptors (Lipinski definition) is 6. The predicted molar refractivity (Wildman–Crippen MR) is 89.7 cm³/mol. The number of rotatable bonds is 5. The van der Waals surface area contributed by atoms with Crippen LogP contribution in [0.2, 0.25) is 0 Å². The van der Waals surface area contributed by atoms with Crippen molar-refractivity contribution in [3.05, 3.63) is 48.4 Å². The Labute approximate surface area is 139 Å². The molecule has 3 rings (SSSR count). The van der Waals surface area contributed by atoms with Crippen LogP contribution in [-0.2, 0) is 11.2 Å². The average molecular weight is 326 g/mol. The van der Waals surface area contributed by atoms with Crippen LogP contribution in [0.5, 0.6) is 5.75 Å². The van der Waals surface area contributed by atoms with Gasteiger partial charge in [-0.3, -0.25) is 0 Å². The van der Waals surface area contributed by atoms with E-state index in [2.05, 4.69) is 15.4 Å². The van der Waals surface area contributed by atoms with Gasteiger partial charge in [0, 0.05) is 11.3 Å². The third-order valence-electron chi connectivity index (χ3n) is 3.48. The highest BCUT2D eigenvalue weighted by Crippen LogP contribution is 2.31. The van der Waals surface area contributed by atoms with Gasteiger partial charge in [0.25, 0.3) is 0 Å². The Balaban J connectivity index is 2.02. The highest BCUT2D eigenvalue weighted by molar-refractivity contribution is 5.80. The third kappa shape index (κ3) is 3.15. The molecule has 0 spiro atoms. The summed E-state index contributed by atoms with van der Waals surface area (Å²) in [5, 5.41) is 7.47. The molecule has 0 saturated carbocycles. The van der Waals surface area contributed by atoms with Gasteiger partial charge in [0.15, 0.2) is 11.6 Å². The Morgan fingerprint density at radius 3 is 2.75 bits per heavy atom. The molecule has 2 aromatic heterocycles. The van der Waals surface area contributed by atoms with Gasteiger partial charge in [0.2, 0.25) is 0 Å². The van der Waals surface area contributed by atoms with Crippen molar-refractivity contribution in [1.29, 1.82) is 0 Å². The van der Waals surface area contributed by atoms with Crippen LogP contribution < -0.4 is 10.1 Å². The number of carbonyl (C=O) groups is 1. The van der Waals surface area contributed by atoms with E-state index >= 15 is 0 Å². The SMILES string of the molecule is CCOC(=O)Oc1cn2ncnc(Nc3ccccc3)c2c1CC. The molecular weight excluding hydrogens is 308 g/mol. The second kappa shape index (κ2) is 6.99. The fourth-order valence-corrected chi connectivity index (χ4v) is 2.47. The lowest BCUT2D eigenvalue weighted by atomic mass is 10.2. The molecule has 0 unspecified atom stereocenters. The molecule has 0 saturated heterocycles. The van der Waals surface area contributed by atoms with Crippen LogP contribution in [0.25, 0.3) is 5.52 Å².